The minimum Gasteiger partial charge on any atom is -0.493 e. The molecule has 1 aromatic carbocycles. The second-order valence-corrected chi connectivity index (χ2v) is 3.99. The van der Waals surface area contributed by atoms with Crippen molar-refractivity contribution in [3.8, 4) is 5.75 Å². The van der Waals surface area contributed by atoms with Crippen LogP contribution >= 0.6 is 0 Å². The van der Waals surface area contributed by atoms with Gasteiger partial charge in [0.1, 0.15) is 12.4 Å². The van der Waals surface area contributed by atoms with Crippen LogP contribution < -0.4 is 4.74 Å². The molecule has 2 rings (SSSR count). The number of hydrogen-bond acceptors (Lipinski definition) is 1. The zero-order valence-corrected chi connectivity index (χ0v) is 8.42. The fourth-order valence-corrected chi connectivity index (χ4v) is 1.38. The van der Waals surface area contributed by atoms with Crippen LogP contribution in [0.5, 0.6) is 5.75 Å². The Morgan fingerprint density at radius 3 is 2.86 bits per heavy atom. The van der Waals surface area contributed by atoms with Crippen molar-refractivity contribution in [1.29, 1.82) is 0 Å². The predicted octanol–water partition coefficient (Wildman–Crippen LogP) is 3.25. The summed E-state index contributed by atoms with van der Waals surface area (Å²) >= 11 is 0. The lowest BCUT2D eigenvalue weighted by molar-refractivity contribution is 0.297. The van der Waals surface area contributed by atoms with Gasteiger partial charge in [-0.2, -0.15) is 0 Å². The molecule has 0 atom stereocenters. The van der Waals surface area contributed by atoms with Gasteiger partial charge in [0.05, 0.1) is 6.61 Å². The van der Waals surface area contributed by atoms with Crippen LogP contribution in [0.2, 0.25) is 0 Å². The highest BCUT2D eigenvalue weighted by molar-refractivity contribution is 5.36. The standard InChI is InChI=1S/C12H15FO/c1-9-2-3-11(7-13)6-12(9)14-8-10-4-5-10/h2-3,6,10H,4-5,7-8H2,1H3. The van der Waals surface area contributed by atoms with Crippen molar-refractivity contribution in [3.05, 3.63) is 29.3 Å². The molecule has 0 aromatic heterocycles. The zero-order valence-electron chi connectivity index (χ0n) is 8.42. The van der Waals surface area contributed by atoms with Gasteiger partial charge in [0.2, 0.25) is 0 Å². The van der Waals surface area contributed by atoms with Crippen LogP contribution in [0.15, 0.2) is 18.2 Å². The first-order chi connectivity index (χ1) is 6.79. The minimum atomic E-state index is -0.417. The van der Waals surface area contributed by atoms with Crippen LogP contribution in [0.25, 0.3) is 0 Å². The molecule has 1 nitrogen and oxygen atoms in total. The van der Waals surface area contributed by atoms with Gasteiger partial charge in [-0.1, -0.05) is 12.1 Å². The van der Waals surface area contributed by atoms with E-state index in [-0.39, 0.29) is 0 Å². The van der Waals surface area contributed by atoms with Gasteiger partial charge in [-0.15, -0.1) is 0 Å². The fraction of sp³-hybridized carbons (Fsp3) is 0.500. The van der Waals surface area contributed by atoms with Gasteiger partial charge in [-0.05, 0) is 42.9 Å². The molecule has 1 saturated carbocycles. The van der Waals surface area contributed by atoms with Crippen molar-refractivity contribution < 1.29 is 9.13 Å². The molecule has 0 spiro atoms. The molecule has 0 radical (unpaired) electrons. The molecule has 0 N–H and O–H groups in total. The van der Waals surface area contributed by atoms with Crippen LogP contribution in [-0.4, -0.2) is 6.61 Å². The molecular formula is C12H15FO. The molecular weight excluding hydrogens is 179 g/mol. The van der Waals surface area contributed by atoms with E-state index in [9.17, 15) is 4.39 Å². The minimum absolute atomic E-state index is 0.417. The lowest BCUT2D eigenvalue weighted by Gasteiger charge is -2.09. The van der Waals surface area contributed by atoms with Crippen LogP contribution in [0.4, 0.5) is 4.39 Å². The van der Waals surface area contributed by atoms with Crippen molar-refractivity contribution in [2.45, 2.75) is 26.4 Å². The first kappa shape index (κ1) is 9.50. The summed E-state index contributed by atoms with van der Waals surface area (Å²) in [5.74, 6) is 1.58. The molecule has 2 heteroatoms. The molecule has 14 heavy (non-hydrogen) atoms. The number of rotatable bonds is 4. The smallest absolute Gasteiger partial charge is 0.122 e. The van der Waals surface area contributed by atoms with E-state index in [0.29, 0.717) is 5.56 Å². The molecule has 0 unspecified atom stereocenters. The predicted molar refractivity (Wildman–Crippen MR) is 54.2 cm³/mol. The molecule has 1 aliphatic rings. The Morgan fingerprint density at radius 1 is 1.43 bits per heavy atom. The third-order valence-corrected chi connectivity index (χ3v) is 2.58. The quantitative estimate of drug-likeness (QED) is 0.714. The Kier molecular flexibility index (Phi) is 2.71. The highest BCUT2D eigenvalue weighted by atomic mass is 19.1. The molecule has 0 bridgehead atoms. The summed E-state index contributed by atoms with van der Waals surface area (Å²) < 4.78 is 18.0. The Hall–Kier alpha value is -1.05. The van der Waals surface area contributed by atoms with E-state index in [1.807, 2.05) is 13.0 Å². The fourth-order valence-electron chi connectivity index (χ4n) is 1.38. The van der Waals surface area contributed by atoms with Crippen molar-refractivity contribution in [2.24, 2.45) is 5.92 Å². The molecule has 0 heterocycles. The maximum Gasteiger partial charge on any atom is 0.122 e. The van der Waals surface area contributed by atoms with Gasteiger partial charge in [-0.3, -0.25) is 0 Å². The number of ether oxygens (including phenoxy) is 1. The topological polar surface area (TPSA) is 9.23 Å². The number of hydrogen-bond donors (Lipinski definition) is 0. The maximum atomic E-state index is 12.4. The van der Waals surface area contributed by atoms with Gasteiger partial charge < -0.3 is 4.74 Å². The second-order valence-electron chi connectivity index (χ2n) is 3.99. The van der Waals surface area contributed by atoms with Crippen LogP contribution in [-0.2, 0) is 6.67 Å². The molecule has 0 aliphatic heterocycles. The Labute approximate surface area is 83.9 Å². The van der Waals surface area contributed by atoms with Crippen molar-refractivity contribution >= 4 is 0 Å². The van der Waals surface area contributed by atoms with Crippen molar-refractivity contribution in [2.75, 3.05) is 6.61 Å². The summed E-state index contributed by atoms with van der Waals surface area (Å²) in [5.41, 5.74) is 1.78. The van der Waals surface area contributed by atoms with Crippen LogP contribution in [0, 0.1) is 12.8 Å². The van der Waals surface area contributed by atoms with Gasteiger partial charge >= 0.3 is 0 Å². The molecule has 76 valence electrons. The summed E-state index contributed by atoms with van der Waals surface area (Å²) in [6, 6.07) is 5.52. The van der Waals surface area contributed by atoms with Gasteiger partial charge in [0.25, 0.3) is 0 Å². The third kappa shape index (κ3) is 2.25. The average Bonchev–Trinajstić information content (AvgIpc) is 3.00. The molecule has 1 fully saturated rings. The maximum absolute atomic E-state index is 12.4. The van der Waals surface area contributed by atoms with Gasteiger partial charge in [0, 0.05) is 0 Å². The monoisotopic (exact) mass is 194 g/mol. The van der Waals surface area contributed by atoms with E-state index in [2.05, 4.69) is 0 Å². The van der Waals surface area contributed by atoms with E-state index < -0.39 is 6.67 Å². The molecule has 0 saturated heterocycles. The van der Waals surface area contributed by atoms with Crippen molar-refractivity contribution in [1.82, 2.24) is 0 Å². The van der Waals surface area contributed by atoms with E-state index in [1.165, 1.54) is 12.8 Å². The summed E-state index contributed by atoms with van der Waals surface area (Å²) in [7, 11) is 0. The normalized spacial score (nSPS) is 15.6. The number of aryl methyl sites for hydroxylation is 1. The summed E-state index contributed by atoms with van der Waals surface area (Å²) in [5, 5.41) is 0. The number of alkyl halides is 1. The Morgan fingerprint density at radius 2 is 2.21 bits per heavy atom. The molecule has 1 aliphatic carbocycles. The third-order valence-electron chi connectivity index (χ3n) is 2.58. The first-order valence-corrected chi connectivity index (χ1v) is 5.08. The molecule has 1 aromatic rings. The summed E-state index contributed by atoms with van der Waals surface area (Å²) in [4.78, 5) is 0. The zero-order chi connectivity index (χ0) is 9.97. The lowest BCUT2D eigenvalue weighted by Crippen LogP contribution is -2.00. The average molecular weight is 194 g/mol. The van der Waals surface area contributed by atoms with E-state index >= 15 is 0 Å². The Balaban J connectivity index is 2.04. The lowest BCUT2D eigenvalue weighted by atomic mass is 10.1. The number of halogens is 1. The van der Waals surface area contributed by atoms with Crippen LogP contribution in [0.3, 0.4) is 0 Å². The van der Waals surface area contributed by atoms with E-state index in [4.69, 9.17) is 4.74 Å². The highest BCUT2D eigenvalue weighted by Gasteiger charge is 2.22. The van der Waals surface area contributed by atoms with Gasteiger partial charge in [0.15, 0.2) is 0 Å². The largest absolute Gasteiger partial charge is 0.493 e. The highest BCUT2D eigenvalue weighted by Crippen LogP contribution is 2.30. The van der Waals surface area contributed by atoms with E-state index in [0.717, 1.165) is 23.8 Å². The van der Waals surface area contributed by atoms with Crippen molar-refractivity contribution in [3.63, 3.8) is 0 Å². The van der Waals surface area contributed by atoms with Gasteiger partial charge in [-0.25, -0.2) is 4.39 Å². The van der Waals surface area contributed by atoms with Crippen LogP contribution in [0.1, 0.15) is 24.0 Å². The molecule has 0 amide bonds. The first-order valence-electron chi connectivity index (χ1n) is 5.08. The SMILES string of the molecule is Cc1ccc(CF)cc1OCC1CC1. The summed E-state index contributed by atoms with van der Waals surface area (Å²) in [6.07, 6.45) is 2.56. The number of benzene rings is 1. The van der Waals surface area contributed by atoms with E-state index in [1.54, 1.807) is 12.1 Å². The Bertz CT molecular complexity index is 318. The summed E-state index contributed by atoms with van der Waals surface area (Å²) in [6.45, 7) is 2.36. The second kappa shape index (κ2) is 3.99.